The second-order valence-corrected chi connectivity index (χ2v) is 9.84. The van der Waals surface area contributed by atoms with Gasteiger partial charge in [-0.25, -0.2) is 19.9 Å². The van der Waals surface area contributed by atoms with Crippen LogP contribution in [0.5, 0.6) is 0 Å². The summed E-state index contributed by atoms with van der Waals surface area (Å²) in [5, 5.41) is 0. The molecular weight excluding hydrogens is 402 g/mol. The van der Waals surface area contributed by atoms with Crippen molar-refractivity contribution in [1.82, 2.24) is 24.8 Å². The van der Waals surface area contributed by atoms with Gasteiger partial charge in [-0.15, -0.1) is 0 Å². The Morgan fingerprint density at radius 1 is 1.00 bits per heavy atom. The number of morpholine rings is 1. The van der Waals surface area contributed by atoms with Gasteiger partial charge in [-0.05, 0) is 37.7 Å². The number of anilines is 2. The van der Waals surface area contributed by atoms with Crippen LogP contribution in [0.4, 0.5) is 11.9 Å². The predicted octanol–water partition coefficient (Wildman–Crippen LogP) is 2.60. The number of nitrogens with zero attached hydrogens (tertiary/aromatic N) is 7. The van der Waals surface area contributed by atoms with Gasteiger partial charge in [-0.1, -0.05) is 6.92 Å². The molecular formula is C24H33N7O. The fourth-order valence-corrected chi connectivity index (χ4v) is 5.91. The summed E-state index contributed by atoms with van der Waals surface area (Å²) in [6, 6.07) is 3.01. The minimum Gasteiger partial charge on any atom is -0.378 e. The predicted molar refractivity (Wildman–Crippen MR) is 123 cm³/mol. The van der Waals surface area contributed by atoms with Crippen LogP contribution < -0.4 is 9.80 Å². The standard InChI is InChI=1S/C24H33N7O/c1-17-3-2-8-30(15-17)24-26-14-20-21(28-24)13-19-4-5-22(20)31(19)16-18-6-7-25-23(27-18)29-9-11-32-12-10-29/h6-7,14,17,19,22H,2-5,8-13,15-16H2,1H3/t17-,19+,22+/m0/s1. The second kappa shape index (κ2) is 8.56. The van der Waals surface area contributed by atoms with Gasteiger partial charge in [0.2, 0.25) is 11.9 Å². The largest absolute Gasteiger partial charge is 0.378 e. The third-order valence-corrected chi connectivity index (χ3v) is 7.60. The molecule has 4 aliphatic heterocycles. The number of aromatic nitrogens is 4. The van der Waals surface area contributed by atoms with Crippen LogP contribution in [0.2, 0.25) is 0 Å². The van der Waals surface area contributed by atoms with E-state index in [9.17, 15) is 0 Å². The fraction of sp³-hybridized carbons (Fsp3) is 0.667. The van der Waals surface area contributed by atoms with Gasteiger partial charge >= 0.3 is 0 Å². The third kappa shape index (κ3) is 3.83. The lowest BCUT2D eigenvalue weighted by atomic mass is 9.98. The average Bonchev–Trinajstić information content (AvgIpc) is 3.10. The van der Waals surface area contributed by atoms with Gasteiger partial charge < -0.3 is 14.5 Å². The molecule has 2 aromatic heterocycles. The van der Waals surface area contributed by atoms with Crippen LogP contribution in [0.1, 0.15) is 55.6 Å². The number of ether oxygens (including phenoxy) is 1. The molecule has 3 saturated heterocycles. The van der Waals surface area contributed by atoms with E-state index in [1.54, 1.807) is 0 Å². The Morgan fingerprint density at radius 2 is 1.88 bits per heavy atom. The summed E-state index contributed by atoms with van der Waals surface area (Å²) in [6.07, 6.45) is 10.0. The van der Waals surface area contributed by atoms with Gasteiger partial charge in [0.05, 0.1) is 24.6 Å². The van der Waals surface area contributed by atoms with Gasteiger partial charge in [0.1, 0.15) is 0 Å². The molecule has 0 radical (unpaired) electrons. The summed E-state index contributed by atoms with van der Waals surface area (Å²) < 4.78 is 5.47. The van der Waals surface area contributed by atoms with E-state index in [2.05, 4.69) is 38.9 Å². The van der Waals surface area contributed by atoms with Gasteiger partial charge in [-0.2, -0.15) is 0 Å². The molecule has 0 aliphatic carbocycles. The van der Waals surface area contributed by atoms with E-state index < -0.39 is 0 Å². The number of piperidine rings is 1. The molecule has 170 valence electrons. The molecule has 32 heavy (non-hydrogen) atoms. The minimum atomic E-state index is 0.403. The molecule has 4 aliphatic rings. The highest BCUT2D eigenvalue weighted by Gasteiger charge is 2.41. The topological polar surface area (TPSA) is 70.5 Å². The van der Waals surface area contributed by atoms with Crippen LogP contribution in [0.3, 0.4) is 0 Å². The molecule has 2 aromatic rings. The molecule has 8 nitrogen and oxygen atoms in total. The molecule has 0 saturated carbocycles. The maximum absolute atomic E-state index is 5.47. The average molecular weight is 436 g/mol. The lowest BCUT2D eigenvalue weighted by molar-refractivity contribution is 0.122. The maximum atomic E-state index is 5.47. The summed E-state index contributed by atoms with van der Waals surface area (Å²) in [4.78, 5) is 26.6. The highest BCUT2D eigenvalue weighted by molar-refractivity contribution is 5.38. The van der Waals surface area contributed by atoms with Crippen molar-refractivity contribution in [3.05, 3.63) is 35.4 Å². The fourth-order valence-electron chi connectivity index (χ4n) is 5.91. The molecule has 0 aromatic carbocycles. The van der Waals surface area contributed by atoms with Crippen LogP contribution >= 0.6 is 0 Å². The highest BCUT2D eigenvalue weighted by atomic mass is 16.5. The minimum absolute atomic E-state index is 0.403. The first-order chi connectivity index (χ1) is 15.7. The Morgan fingerprint density at radius 3 is 2.75 bits per heavy atom. The highest BCUT2D eigenvalue weighted by Crippen LogP contribution is 2.44. The Labute approximate surface area is 190 Å². The zero-order valence-electron chi connectivity index (χ0n) is 19.0. The number of hydrogen-bond acceptors (Lipinski definition) is 8. The first-order valence-corrected chi connectivity index (χ1v) is 12.3. The second-order valence-electron chi connectivity index (χ2n) is 9.84. The van der Waals surface area contributed by atoms with Crippen molar-refractivity contribution in [1.29, 1.82) is 0 Å². The summed E-state index contributed by atoms with van der Waals surface area (Å²) in [5.74, 6) is 2.50. The van der Waals surface area contributed by atoms with E-state index >= 15 is 0 Å². The smallest absolute Gasteiger partial charge is 0.225 e. The molecule has 6 rings (SSSR count). The lowest BCUT2D eigenvalue weighted by Crippen LogP contribution is -2.40. The summed E-state index contributed by atoms with van der Waals surface area (Å²) >= 11 is 0. The monoisotopic (exact) mass is 435 g/mol. The van der Waals surface area contributed by atoms with E-state index in [1.807, 2.05) is 6.20 Å². The molecule has 0 amide bonds. The van der Waals surface area contributed by atoms with Crippen molar-refractivity contribution in [3.63, 3.8) is 0 Å². The first kappa shape index (κ1) is 20.3. The number of rotatable bonds is 4. The van der Waals surface area contributed by atoms with Crippen molar-refractivity contribution < 1.29 is 4.74 Å². The van der Waals surface area contributed by atoms with Crippen LogP contribution in [0, 0.1) is 5.92 Å². The maximum Gasteiger partial charge on any atom is 0.225 e. The van der Waals surface area contributed by atoms with E-state index in [0.717, 1.165) is 75.9 Å². The Kier molecular flexibility index (Phi) is 5.43. The van der Waals surface area contributed by atoms with Crippen molar-refractivity contribution >= 4 is 11.9 Å². The third-order valence-electron chi connectivity index (χ3n) is 7.60. The molecule has 3 fully saturated rings. The van der Waals surface area contributed by atoms with Gasteiger partial charge in [0.25, 0.3) is 0 Å². The number of hydrogen-bond donors (Lipinski definition) is 0. The Bertz CT molecular complexity index is 963. The van der Waals surface area contributed by atoms with E-state index in [4.69, 9.17) is 19.7 Å². The summed E-state index contributed by atoms with van der Waals surface area (Å²) in [7, 11) is 0. The van der Waals surface area contributed by atoms with Crippen molar-refractivity contribution in [2.45, 2.75) is 57.7 Å². The molecule has 6 heterocycles. The molecule has 0 spiro atoms. The van der Waals surface area contributed by atoms with Crippen LogP contribution in [-0.4, -0.2) is 70.3 Å². The molecule has 2 bridgehead atoms. The van der Waals surface area contributed by atoms with Gasteiger partial charge in [0, 0.05) is 69.2 Å². The van der Waals surface area contributed by atoms with Crippen molar-refractivity contribution in [2.75, 3.05) is 49.2 Å². The van der Waals surface area contributed by atoms with E-state index in [-0.39, 0.29) is 0 Å². The van der Waals surface area contributed by atoms with Crippen LogP contribution in [-0.2, 0) is 17.7 Å². The number of fused-ring (bicyclic) bond motifs is 4. The van der Waals surface area contributed by atoms with Gasteiger partial charge in [0.15, 0.2) is 0 Å². The Hall–Kier alpha value is -2.32. The summed E-state index contributed by atoms with van der Waals surface area (Å²) in [6.45, 7) is 8.58. The van der Waals surface area contributed by atoms with Crippen molar-refractivity contribution in [3.8, 4) is 0 Å². The van der Waals surface area contributed by atoms with Crippen molar-refractivity contribution in [2.24, 2.45) is 5.92 Å². The molecule has 8 heteroatoms. The lowest BCUT2D eigenvalue weighted by Gasteiger charge is -2.36. The zero-order valence-corrected chi connectivity index (χ0v) is 19.0. The Balaban J connectivity index is 1.20. The molecule has 3 atom stereocenters. The SMILES string of the molecule is C[C@H]1CCCN(c2ncc3c(n2)C[C@H]2CC[C@H]3N2Cc2ccnc(N3CCOCC3)n2)C1. The quantitative estimate of drug-likeness (QED) is 0.726. The van der Waals surface area contributed by atoms with E-state index in [1.165, 1.54) is 36.9 Å². The van der Waals surface area contributed by atoms with Crippen LogP contribution in [0.15, 0.2) is 18.5 Å². The normalized spacial score (nSPS) is 28.1. The first-order valence-electron chi connectivity index (χ1n) is 12.3. The van der Waals surface area contributed by atoms with Gasteiger partial charge in [-0.3, -0.25) is 4.90 Å². The molecule has 0 unspecified atom stereocenters. The molecule has 0 N–H and O–H groups in total. The zero-order chi connectivity index (χ0) is 21.5. The van der Waals surface area contributed by atoms with Crippen LogP contribution in [0.25, 0.3) is 0 Å². The van der Waals surface area contributed by atoms with E-state index in [0.29, 0.717) is 12.1 Å². The summed E-state index contributed by atoms with van der Waals surface area (Å²) in [5.41, 5.74) is 3.70.